The van der Waals surface area contributed by atoms with E-state index in [0.29, 0.717) is 11.3 Å². The van der Waals surface area contributed by atoms with Crippen LogP contribution in [0.4, 0.5) is 0 Å². The molecule has 5 atom stereocenters. The van der Waals surface area contributed by atoms with E-state index in [2.05, 4.69) is 0 Å². The molecule has 3 rings (SSSR count). The van der Waals surface area contributed by atoms with Crippen molar-refractivity contribution in [3.8, 4) is 11.5 Å². The van der Waals surface area contributed by atoms with E-state index in [9.17, 15) is 25.2 Å². The van der Waals surface area contributed by atoms with Crippen LogP contribution in [-0.4, -0.2) is 63.2 Å². The Morgan fingerprint density at radius 3 is 2.21 bits per heavy atom. The van der Waals surface area contributed by atoms with Gasteiger partial charge in [0.15, 0.2) is 0 Å². The van der Waals surface area contributed by atoms with Gasteiger partial charge in [-0.05, 0) is 36.4 Å². The fourth-order valence-electron chi connectivity index (χ4n) is 3.17. The van der Waals surface area contributed by atoms with Crippen LogP contribution >= 0.6 is 0 Å². The van der Waals surface area contributed by atoms with Gasteiger partial charge in [0.05, 0.1) is 12.2 Å². The summed E-state index contributed by atoms with van der Waals surface area (Å²) in [7, 11) is 0. The fraction of sp³-hybridized carbons (Fsp3) is 0.381. The number of esters is 1. The average molecular weight is 404 g/mol. The van der Waals surface area contributed by atoms with Crippen molar-refractivity contribution in [1.29, 1.82) is 0 Å². The van der Waals surface area contributed by atoms with Gasteiger partial charge in [0.1, 0.15) is 35.9 Å². The summed E-state index contributed by atoms with van der Waals surface area (Å²) in [6.45, 7) is 1.13. The van der Waals surface area contributed by atoms with Crippen LogP contribution in [0.1, 0.15) is 23.7 Å². The average Bonchev–Trinajstić information content (AvgIpc) is 2.76. The lowest BCUT2D eigenvalue weighted by molar-refractivity contribution is -0.338. The van der Waals surface area contributed by atoms with E-state index in [-0.39, 0.29) is 12.2 Å². The van der Waals surface area contributed by atoms with Gasteiger partial charge in [-0.1, -0.05) is 25.1 Å². The molecule has 0 spiro atoms. The largest absolute Gasteiger partial charge is 0.459 e. The molecule has 1 aliphatic rings. The molecule has 4 N–H and O–H groups in total. The Kier molecular flexibility index (Phi) is 6.51. The molecular formula is C21H24O8. The van der Waals surface area contributed by atoms with Crippen molar-refractivity contribution in [1.82, 2.24) is 0 Å². The Balaban J connectivity index is 1.73. The minimum atomic E-state index is -1.66. The van der Waals surface area contributed by atoms with Gasteiger partial charge in [-0.15, -0.1) is 0 Å². The van der Waals surface area contributed by atoms with Crippen LogP contribution in [0.3, 0.4) is 0 Å². The predicted octanol–water partition coefficient (Wildman–Crippen LogP) is 0.865. The number of aliphatic hydroxyl groups is 4. The monoisotopic (exact) mass is 404 g/mol. The van der Waals surface area contributed by atoms with Gasteiger partial charge >= 0.3 is 5.97 Å². The third kappa shape index (κ3) is 4.42. The summed E-state index contributed by atoms with van der Waals surface area (Å²) in [5.41, 5.74) is 0.416. The number of carbonyl (C=O) groups excluding carboxylic acids is 1. The lowest BCUT2D eigenvalue weighted by atomic mass is 9.91. The zero-order valence-electron chi connectivity index (χ0n) is 15.8. The number of carbonyl (C=O) groups is 1. The highest BCUT2D eigenvalue weighted by molar-refractivity contribution is 5.90. The maximum absolute atomic E-state index is 12.1. The molecule has 156 valence electrons. The standard InChI is InChI=1S/C21H24O8/c1-2-21(19(25)18(24)17(23)16(12-22)29-21)28-15-10-8-14(9-11-15)27-20(26)13-6-4-3-5-7-13/h3-11,16-19,22-25H,2,12H2,1H3/t16-,17-,18+,19-,21-/m1/s1. The van der Waals surface area contributed by atoms with Crippen molar-refractivity contribution in [2.75, 3.05) is 6.61 Å². The molecule has 0 bridgehead atoms. The Morgan fingerprint density at radius 1 is 1.00 bits per heavy atom. The molecular weight excluding hydrogens is 380 g/mol. The van der Waals surface area contributed by atoms with Crippen molar-refractivity contribution in [2.24, 2.45) is 0 Å². The first kappa shape index (κ1) is 21.2. The van der Waals surface area contributed by atoms with Gasteiger partial charge in [-0.3, -0.25) is 0 Å². The van der Waals surface area contributed by atoms with E-state index in [1.807, 2.05) is 0 Å². The number of rotatable bonds is 6. The van der Waals surface area contributed by atoms with E-state index in [4.69, 9.17) is 14.2 Å². The number of aliphatic hydroxyl groups excluding tert-OH is 4. The second-order valence-electron chi connectivity index (χ2n) is 6.76. The van der Waals surface area contributed by atoms with Crippen LogP contribution in [0.2, 0.25) is 0 Å². The first-order valence-corrected chi connectivity index (χ1v) is 9.29. The molecule has 29 heavy (non-hydrogen) atoms. The van der Waals surface area contributed by atoms with Crippen LogP contribution in [0, 0.1) is 0 Å². The molecule has 0 amide bonds. The first-order chi connectivity index (χ1) is 13.9. The van der Waals surface area contributed by atoms with Gasteiger partial charge in [0, 0.05) is 6.42 Å². The van der Waals surface area contributed by atoms with Crippen LogP contribution in [0.5, 0.6) is 11.5 Å². The molecule has 0 aliphatic carbocycles. The molecule has 0 radical (unpaired) electrons. The van der Waals surface area contributed by atoms with Gasteiger partial charge < -0.3 is 34.6 Å². The van der Waals surface area contributed by atoms with Crippen LogP contribution in [-0.2, 0) is 4.74 Å². The zero-order chi connectivity index (χ0) is 21.0. The quantitative estimate of drug-likeness (QED) is 0.413. The third-order valence-corrected chi connectivity index (χ3v) is 4.86. The smallest absolute Gasteiger partial charge is 0.343 e. The van der Waals surface area contributed by atoms with E-state index in [1.165, 1.54) is 24.3 Å². The minimum absolute atomic E-state index is 0.138. The number of benzene rings is 2. The van der Waals surface area contributed by atoms with Gasteiger partial charge in [0.25, 0.3) is 0 Å². The van der Waals surface area contributed by atoms with E-state index in [1.54, 1.807) is 37.3 Å². The number of hydrogen-bond donors (Lipinski definition) is 4. The van der Waals surface area contributed by atoms with Crippen molar-refractivity contribution in [2.45, 2.75) is 43.5 Å². The highest BCUT2D eigenvalue weighted by Gasteiger charge is 2.54. The van der Waals surface area contributed by atoms with Crippen molar-refractivity contribution in [3.05, 3.63) is 60.2 Å². The zero-order valence-corrected chi connectivity index (χ0v) is 15.8. The summed E-state index contributed by atoms with van der Waals surface area (Å²) >= 11 is 0. The summed E-state index contributed by atoms with van der Waals surface area (Å²) < 4.78 is 16.7. The summed E-state index contributed by atoms with van der Waals surface area (Å²) in [5, 5.41) is 39.8. The highest BCUT2D eigenvalue weighted by atomic mass is 16.7. The molecule has 2 aromatic carbocycles. The van der Waals surface area contributed by atoms with Gasteiger partial charge in [-0.25, -0.2) is 4.79 Å². The highest BCUT2D eigenvalue weighted by Crippen LogP contribution is 2.35. The molecule has 1 fully saturated rings. The molecule has 0 saturated carbocycles. The summed E-state index contributed by atoms with van der Waals surface area (Å²) in [4.78, 5) is 12.1. The van der Waals surface area contributed by atoms with Crippen LogP contribution in [0.15, 0.2) is 54.6 Å². The molecule has 8 nitrogen and oxygen atoms in total. The molecule has 8 heteroatoms. The SMILES string of the molecule is CC[C@@]1(Oc2ccc(OC(=O)c3ccccc3)cc2)O[C@H](CO)[C@@H](O)[C@H](O)[C@H]1O. The van der Waals surface area contributed by atoms with E-state index >= 15 is 0 Å². The van der Waals surface area contributed by atoms with Crippen LogP contribution < -0.4 is 9.47 Å². The minimum Gasteiger partial charge on any atom is -0.459 e. The molecule has 0 aromatic heterocycles. The second-order valence-corrected chi connectivity index (χ2v) is 6.76. The van der Waals surface area contributed by atoms with Gasteiger partial charge in [0.2, 0.25) is 5.79 Å². The second kappa shape index (κ2) is 8.89. The predicted molar refractivity (Wildman–Crippen MR) is 101 cm³/mol. The first-order valence-electron chi connectivity index (χ1n) is 9.29. The Bertz CT molecular complexity index is 807. The van der Waals surface area contributed by atoms with E-state index in [0.717, 1.165) is 0 Å². The van der Waals surface area contributed by atoms with E-state index < -0.39 is 42.8 Å². The molecule has 1 aliphatic heterocycles. The maximum Gasteiger partial charge on any atom is 0.343 e. The summed E-state index contributed by atoms with van der Waals surface area (Å²) in [5.74, 6) is -1.58. The summed E-state index contributed by atoms with van der Waals surface area (Å²) in [6.07, 6.45) is -5.51. The third-order valence-electron chi connectivity index (χ3n) is 4.86. The van der Waals surface area contributed by atoms with Crippen molar-refractivity contribution < 1.29 is 39.4 Å². The van der Waals surface area contributed by atoms with Gasteiger partial charge in [-0.2, -0.15) is 0 Å². The number of ether oxygens (including phenoxy) is 3. The maximum atomic E-state index is 12.1. The molecule has 1 heterocycles. The Morgan fingerprint density at radius 2 is 1.62 bits per heavy atom. The van der Waals surface area contributed by atoms with Crippen LogP contribution in [0.25, 0.3) is 0 Å². The summed E-state index contributed by atoms with van der Waals surface area (Å²) in [6, 6.07) is 14.6. The lowest BCUT2D eigenvalue weighted by Crippen LogP contribution is -2.67. The van der Waals surface area contributed by atoms with Crippen molar-refractivity contribution in [3.63, 3.8) is 0 Å². The fourth-order valence-corrected chi connectivity index (χ4v) is 3.17. The Hall–Kier alpha value is -2.49. The number of hydrogen-bond acceptors (Lipinski definition) is 8. The van der Waals surface area contributed by atoms with Crippen molar-refractivity contribution >= 4 is 5.97 Å². The molecule has 2 aromatic rings. The molecule has 0 unspecified atom stereocenters. The Labute approximate surface area is 167 Å². The topological polar surface area (TPSA) is 126 Å². The molecule has 1 saturated heterocycles. The normalized spacial score (nSPS) is 29.3. The lowest BCUT2D eigenvalue weighted by Gasteiger charge is -2.47.